The van der Waals surface area contributed by atoms with Crippen LogP contribution in [-0.4, -0.2) is 45.9 Å². The van der Waals surface area contributed by atoms with Crippen LogP contribution in [0.4, 0.5) is 0 Å². The normalized spacial score (nSPS) is 27.7. The maximum absolute atomic E-state index is 12.8. The third kappa shape index (κ3) is 3.05. The fourth-order valence-corrected chi connectivity index (χ4v) is 4.94. The van der Waals surface area contributed by atoms with Gasteiger partial charge in [-0.15, -0.1) is 11.3 Å². The molecule has 4 atom stereocenters. The van der Waals surface area contributed by atoms with E-state index in [-0.39, 0.29) is 35.5 Å². The van der Waals surface area contributed by atoms with Gasteiger partial charge in [0.1, 0.15) is 0 Å². The first-order valence-corrected chi connectivity index (χ1v) is 9.98. The van der Waals surface area contributed by atoms with Gasteiger partial charge in [-0.1, -0.05) is 19.1 Å². The Hall–Kier alpha value is -2.15. The molecule has 1 aliphatic carbocycles. The molecule has 1 fully saturated rings. The van der Waals surface area contributed by atoms with Crippen LogP contribution < -0.4 is 0 Å². The predicted octanol–water partition coefficient (Wildman–Crippen LogP) is 2.40. The van der Waals surface area contributed by atoms with E-state index in [2.05, 4.69) is 24.1 Å². The van der Waals surface area contributed by atoms with Crippen molar-refractivity contribution >= 4 is 28.2 Å². The van der Waals surface area contributed by atoms with Crippen LogP contribution in [-0.2, 0) is 20.7 Å². The lowest BCUT2D eigenvalue weighted by atomic mass is 9.72. The number of ether oxygens (including phenoxy) is 1. The third-order valence-electron chi connectivity index (χ3n) is 5.49. The van der Waals surface area contributed by atoms with E-state index in [0.29, 0.717) is 26.1 Å². The molecule has 2 aliphatic rings. The van der Waals surface area contributed by atoms with Crippen LogP contribution in [0.5, 0.6) is 0 Å². The van der Waals surface area contributed by atoms with Crippen LogP contribution in [0.25, 0.3) is 4.96 Å². The van der Waals surface area contributed by atoms with Crippen molar-refractivity contribution < 1.29 is 14.3 Å². The summed E-state index contributed by atoms with van der Waals surface area (Å²) in [7, 11) is 0. The predicted molar refractivity (Wildman–Crippen MR) is 98.8 cm³/mol. The molecular formula is C19H23N3O3S. The highest BCUT2D eigenvalue weighted by Gasteiger charge is 2.45. The number of rotatable bonds is 4. The molecule has 0 aromatic carbocycles. The van der Waals surface area contributed by atoms with Crippen LogP contribution in [0.1, 0.15) is 19.5 Å². The Kier molecular flexibility index (Phi) is 4.56. The van der Waals surface area contributed by atoms with Crippen LogP contribution >= 0.6 is 11.3 Å². The van der Waals surface area contributed by atoms with E-state index < -0.39 is 0 Å². The molecule has 4 rings (SSSR count). The molecular weight excluding hydrogens is 350 g/mol. The molecule has 1 aliphatic heterocycles. The minimum absolute atomic E-state index is 0.0776. The number of carbonyl (C=O) groups is 2. The number of allylic oxidation sites excluding steroid dienone is 1. The van der Waals surface area contributed by atoms with Gasteiger partial charge in [-0.25, -0.2) is 4.98 Å². The number of amides is 1. The average molecular weight is 373 g/mol. The van der Waals surface area contributed by atoms with Crippen molar-refractivity contribution in [3.8, 4) is 0 Å². The van der Waals surface area contributed by atoms with E-state index >= 15 is 0 Å². The number of nitrogens with zero attached hydrogens (tertiary/aromatic N) is 3. The molecule has 0 N–H and O–H groups in total. The highest BCUT2D eigenvalue weighted by molar-refractivity contribution is 7.15. The number of aromatic nitrogens is 2. The van der Waals surface area contributed by atoms with Crippen LogP contribution in [0, 0.1) is 23.7 Å². The number of hydrogen-bond acceptors (Lipinski definition) is 5. The van der Waals surface area contributed by atoms with Crippen LogP contribution in [0.2, 0.25) is 0 Å². The minimum Gasteiger partial charge on any atom is -0.466 e. The second-order valence-corrected chi connectivity index (χ2v) is 8.02. The van der Waals surface area contributed by atoms with Gasteiger partial charge in [0.25, 0.3) is 0 Å². The fourth-order valence-electron chi connectivity index (χ4n) is 4.22. The number of fused-ring (bicyclic) bond motifs is 2. The first kappa shape index (κ1) is 17.3. The molecule has 0 unspecified atom stereocenters. The number of likely N-dealkylation sites (tertiary alicyclic amines) is 1. The van der Waals surface area contributed by atoms with Crippen molar-refractivity contribution in [3.05, 3.63) is 35.6 Å². The zero-order valence-corrected chi connectivity index (χ0v) is 15.8. The molecule has 138 valence electrons. The lowest BCUT2D eigenvalue weighted by Crippen LogP contribution is -2.37. The third-order valence-corrected chi connectivity index (χ3v) is 6.26. The largest absolute Gasteiger partial charge is 0.466 e. The fraction of sp³-hybridized carbons (Fsp3) is 0.526. The molecule has 1 amide bonds. The van der Waals surface area contributed by atoms with E-state index in [9.17, 15) is 9.59 Å². The Morgan fingerprint density at radius 3 is 2.96 bits per heavy atom. The van der Waals surface area contributed by atoms with Gasteiger partial charge in [0.05, 0.1) is 24.6 Å². The van der Waals surface area contributed by atoms with Crippen LogP contribution in [0.15, 0.2) is 29.9 Å². The molecule has 0 saturated carbocycles. The number of esters is 1. The zero-order chi connectivity index (χ0) is 18.3. The van der Waals surface area contributed by atoms with E-state index in [1.165, 1.54) is 0 Å². The lowest BCUT2D eigenvalue weighted by Gasteiger charge is -2.31. The summed E-state index contributed by atoms with van der Waals surface area (Å²) < 4.78 is 7.23. The van der Waals surface area contributed by atoms with Gasteiger partial charge >= 0.3 is 5.97 Å². The smallest absolute Gasteiger partial charge is 0.309 e. The molecule has 1 saturated heterocycles. The zero-order valence-electron chi connectivity index (χ0n) is 15.0. The standard InChI is InChI=1S/C19H23N3O3S/c1-3-25-18(24)17-12(2)4-5-13-9-22(11-15(13)17)16(23)8-14-10-21-6-7-26-19(21)20-14/h4-7,10,12-13,15,17H,3,8-9,11H2,1-2H3/t12-,13-,15-,17-/m0/s1. The van der Waals surface area contributed by atoms with Gasteiger partial charge in [0, 0.05) is 30.9 Å². The summed E-state index contributed by atoms with van der Waals surface area (Å²) in [5.74, 6) is 0.293. The number of hydrogen-bond donors (Lipinski definition) is 0. The second-order valence-electron chi connectivity index (χ2n) is 7.15. The SMILES string of the molecule is CCOC(=O)[C@@H]1[C@H]2CN(C(=O)Cc3cn4ccsc4n3)C[C@@H]2C=C[C@@H]1C. The second kappa shape index (κ2) is 6.87. The van der Waals surface area contributed by atoms with Crippen molar-refractivity contribution in [2.45, 2.75) is 20.3 Å². The summed E-state index contributed by atoms with van der Waals surface area (Å²) in [5, 5.41) is 1.97. The summed E-state index contributed by atoms with van der Waals surface area (Å²) >= 11 is 1.56. The summed E-state index contributed by atoms with van der Waals surface area (Å²) in [4.78, 5) is 32.5. The molecule has 26 heavy (non-hydrogen) atoms. The van der Waals surface area contributed by atoms with Gasteiger partial charge < -0.3 is 9.64 Å². The molecule has 6 nitrogen and oxygen atoms in total. The Bertz CT molecular complexity index is 827. The lowest BCUT2D eigenvalue weighted by molar-refractivity contribution is -0.152. The van der Waals surface area contributed by atoms with Gasteiger partial charge in [0.15, 0.2) is 4.96 Å². The first-order chi connectivity index (χ1) is 12.6. The van der Waals surface area contributed by atoms with Crippen molar-refractivity contribution in [3.63, 3.8) is 0 Å². The van der Waals surface area contributed by atoms with E-state index in [1.54, 1.807) is 11.3 Å². The molecule has 0 radical (unpaired) electrons. The Balaban J connectivity index is 1.46. The average Bonchev–Trinajstić information content (AvgIpc) is 3.28. The van der Waals surface area contributed by atoms with Crippen LogP contribution in [0.3, 0.4) is 0 Å². The van der Waals surface area contributed by atoms with Gasteiger partial charge in [-0.05, 0) is 24.7 Å². The Morgan fingerprint density at radius 2 is 2.19 bits per heavy atom. The minimum atomic E-state index is -0.166. The monoisotopic (exact) mass is 373 g/mol. The summed E-state index contributed by atoms with van der Waals surface area (Å²) in [6.07, 6.45) is 8.43. The molecule has 7 heteroatoms. The van der Waals surface area contributed by atoms with Crippen molar-refractivity contribution in [1.82, 2.24) is 14.3 Å². The van der Waals surface area contributed by atoms with Gasteiger partial charge in [0.2, 0.25) is 5.91 Å². The Morgan fingerprint density at radius 1 is 1.35 bits per heavy atom. The van der Waals surface area contributed by atoms with E-state index in [0.717, 1.165) is 10.7 Å². The van der Waals surface area contributed by atoms with E-state index in [1.807, 2.05) is 34.0 Å². The van der Waals surface area contributed by atoms with Crippen molar-refractivity contribution in [2.75, 3.05) is 19.7 Å². The highest BCUT2D eigenvalue weighted by Crippen LogP contribution is 2.40. The summed E-state index contributed by atoms with van der Waals surface area (Å²) in [6, 6.07) is 0. The molecule has 2 aromatic rings. The van der Waals surface area contributed by atoms with Gasteiger partial charge in [-0.3, -0.25) is 14.0 Å². The summed E-state index contributed by atoms with van der Waals surface area (Å²) in [6.45, 7) is 5.56. The van der Waals surface area contributed by atoms with E-state index in [4.69, 9.17) is 4.74 Å². The topological polar surface area (TPSA) is 63.9 Å². The number of carbonyl (C=O) groups excluding carboxylic acids is 2. The quantitative estimate of drug-likeness (QED) is 0.610. The van der Waals surface area contributed by atoms with Gasteiger partial charge in [-0.2, -0.15) is 0 Å². The highest BCUT2D eigenvalue weighted by atomic mass is 32.1. The molecule has 0 spiro atoms. The molecule has 0 bridgehead atoms. The molecule has 2 aromatic heterocycles. The maximum atomic E-state index is 12.8. The van der Waals surface area contributed by atoms with Crippen molar-refractivity contribution in [2.24, 2.45) is 23.7 Å². The number of thiazole rings is 1. The molecule has 3 heterocycles. The maximum Gasteiger partial charge on any atom is 0.309 e. The number of imidazole rings is 1. The van der Waals surface area contributed by atoms with Crippen molar-refractivity contribution in [1.29, 1.82) is 0 Å². The summed E-state index contributed by atoms with van der Waals surface area (Å²) in [5.41, 5.74) is 0.794. The Labute approximate surface area is 156 Å². The first-order valence-electron chi connectivity index (χ1n) is 9.10.